The fourth-order valence-electron chi connectivity index (χ4n) is 3.38. The number of ether oxygens (including phenoxy) is 1. The third-order valence-electron chi connectivity index (χ3n) is 4.59. The molecule has 2 atom stereocenters. The molecule has 0 radical (unpaired) electrons. The molecule has 0 amide bonds. The number of nitrogens with zero attached hydrogens (tertiary/aromatic N) is 1. The molecule has 23 heavy (non-hydrogen) atoms. The number of dihydropyridines is 1. The van der Waals surface area contributed by atoms with Crippen LogP contribution in [0, 0.1) is 0 Å². The normalized spacial score (nSPS) is 29.3. The molecule has 4 heterocycles. The van der Waals surface area contributed by atoms with Gasteiger partial charge in [-0.1, -0.05) is 18.2 Å². The summed E-state index contributed by atoms with van der Waals surface area (Å²) in [5.74, 6) is 0.801. The molecule has 5 heteroatoms. The van der Waals surface area contributed by atoms with E-state index >= 15 is 0 Å². The smallest absolute Gasteiger partial charge is 0.163 e. The van der Waals surface area contributed by atoms with E-state index < -0.39 is 5.60 Å². The maximum Gasteiger partial charge on any atom is 0.163 e. The van der Waals surface area contributed by atoms with Crippen LogP contribution in [0.2, 0.25) is 0 Å². The first-order chi connectivity index (χ1) is 11.2. The van der Waals surface area contributed by atoms with Gasteiger partial charge < -0.3 is 15.4 Å². The van der Waals surface area contributed by atoms with Crippen LogP contribution < -0.4 is 10.6 Å². The summed E-state index contributed by atoms with van der Waals surface area (Å²) in [6.45, 7) is 5.01. The highest BCUT2D eigenvalue weighted by Gasteiger charge is 2.44. The Labute approximate surface area is 140 Å². The lowest BCUT2D eigenvalue weighted by Gasteiger charge is -2.30. The van der Waals surface area contributed by atoms with Gasteiger partial charge in [0.15, 0.2) is 5.60 Å². The van der Waals surface area contributed by atoms with E-state index in [0.29, 0.717) is 5.16 Å². The summed E-state index contributed by atoms with van der Waals surface area (Å²) in [5.41, 5.74) is 2.29. The van der Waals surface area contributed by atoms with E-state index in [4.69, 9.17) is 16.3 Å². The molecule has 118 valence electrons. The molecule has 1 saturated heterocycles. The third kappa shape index (κ3) is 2.38. The molecule has 1 aromatic rings. The van der Waals surface area contributed by atoms with Crippen molar-refractivity contribution >= 4 is 17.2 Å². The van der Waals surface area contributed by atoms with Crippen LogP contribution in [-0.4, -0.2) is 23.2 Å². The van der Waals surface area contributed by atoms with Crippen molar-refractivity contribution in [2.75, 3.05) is 6.54 Å². The summed E-state index contributed by atoms with van der Waals surface area (Å²) in [6, 6.07) is 4.10. The molecule has 0 aromatic carbocycles. The number of allylic oxidation sites excluding steroid dienone is 2. The van der Waals surface area contributed by atoms with Crippen molar-refractivity contribution in [3.8, 4) is 0 Å². The Bertz CT molecular complexity index is 732. The van der Waals surface area contributed by atoms with Crippen molar-refractivity contribution in [3.63, 3.8) is 0 Å². The topological polar surface area (TPSA) is 46.2 Å². The summed E-state index contributed by atoms with van der Waals surface area (Å²) >= 11 is 6.45. The number of hydrogen-bond acceptors (Lipinski definition) is 4. The monoisotopic (exact) mass is 327 g/mol. The minimum Gasteiger partial charge on any atom is -0.475 e. The number of nitrogens with one attached hydrogen (secondary N) is 2. The Hall–Kier alpha value is -2.04. The molecular weight excluding hydrogens is 310 g/mol. The van der Waals surface area contributed by atoms with Crippen molar-refractivity contribution in [2.24, 2.45) is 0 Å². The first kappa shape index (κ1) is 14.5. The Morgan fingerprint density at radius 1 is 1.39 bits per heavy atom. The third-order valence-corrected chi connectivity index (χ3v) is 4.89. The van der Waals surface area contributed by atoms with E-state index in [9.17, 15) is 0 Å². The van der Waals surface area contributed by atoms with Crippen LogP contribution in [0.5, 0.6) is 0 Å². The van der Waals surface area contributed by atoms with Gasteiger partial charge in [-0.15, -0.1) is 0 Å². The Kier molecular flexibility index (Phi) is 3.51. The van der Waals surface area contributed by atoms with Crippen molar-refractivity contribution in [3.05, 3.63) is 71.5 Å². The largest absolute Gasteiger partial charge is 0.475 e. The number of hydrogen-bond donors (Lipinski definition) is 2. The van der Waals surface area contributed by atoms with Gasteiger partial charge in [0, 0.05) is 18.0 Å². The van der Waals surface area contributed by atoms with Gasteiger partial charge in [0.1, 0.15) is 10.9 Å². The van der Waals surface area contributed by atoms with Crippen molar-refractivity contribution < 1.29 is 4.74 Å². The van der Waals surface area contributed by atoms with Crippen LogP contribution >= 0.6 is 11.6 Å². The highest BCUT2D eigenvalue weighted by molar-refractivity contribution is 6.33. The maximum atomic E-state index is 6.45. The van der Waals surface area contributed by atoms with Crippen LogP contribution in [-0.2, 0) is 4.74 Å². The van der Waals surface area contributed by atoms with Crippen LogP contribution in [0.3, 0.4) is 0 Å². The predicted molar refractivity (Wildman–Crippen MR) is 91.3 cm³/mol. The van der Waals surface area contributed by atoms with Crippen molar-refractivity contribution in [2.45, 2.75) is 24.5 Å². The van der Waals surface area contributed by atoms with E-state index in [-0.39, 0.29) is 6.04 Å². The molecule has 0 bridgehead atoms. The quantitative estimate of drug-likeness (QED) is 0.661. The van der Waals surface area contributed by atoms with E-state index in [0.717, 1.165) is 42.0 Å². The maximum absolute atomic E-state index is 6.45. The highest BCUT2D eigenvalue weighted by Crippen LogP contribution is 2.41. The van der Waals surface area contributed by atoms with Crippen molar-refractivity contribution in [1.82, 2.24) is 15.6 Å². The molecule has 2 N–H and O–H groups in total. The molecule has 3 aliphatic rings. The Morgan fingerprint density at radius 3 is 2.91 bits per heavy atom. The second kappa shape index (κ2) is 5.55. The Balaban J connectivity index is 1.69. The van der Waals surface area contributed by atoms with E-state index in [2.05, 4.69) is 28.3 Å². The number of pyridine rings is 1. The average molecular weight is 328 g/mol. The van der Waals surface area contributed by atoms with Gasteiger partial charge in [-0.05, 0) is 55.3 Å². The molecule has 0 aliphatic carbocycles. The van der Waals surface area contributed by atoms with E-state index in [1.54, 1.807) is 12.4 Å². The second-order valence-electron chi connectivity index (χ2n) is 5.96. The number of halogens is 1. The standard InChI is InChI=1S/C18H18ClN3O/c1-2-18(16-4-3-7-21-16)11-14-15(23-18)10-13(17(19)22-14)12-5-8-20-9-6-12/h2,5-6,8-11,16,21-22H,1,3-4,7H2/t16-,18?/m1/s1. The van der Waals surface area contributed by atoms with Gasteiger partial charge >= 0.3 is 0 Å². The predicted octanol–water partition coefficient (Wildman–Crippen LogP) is 3.07. The Morgan fingerprint density at radius 2 is 2.22 bits per heavy atom. The molecule has 0 spiro atoms. The summed E-state index contributed by atoms with van der Waals surface area (Å²) in [5, 5.41) is 7.35. The second-order valence-corrected chi connectivity index (χ2v) is 6.34. The minimum absolute atomic E-state index is 0.240. The lowest BCUT2D eigenvalue weighted by molar-refractivity contribution is 0.0785. The van der Waals surface area contributed by atoms with Crippen molar-refractivity contribution in [1.29, 1.82) is 0 Å². The summed E-state index contributed by atoms with van der Waals surface area (Å²) in [4.78, 5) is 4.05. The van der Waals surface area contributed by atoms with Gasteiger partial charge in [0.05, 0.1) is 11.7 Å². The summed E-state index contributed by atoms with van der Waals surface area (Å²) in [6.07, 6.45) is 11.7. The molecule has 0 saturated carbocycles. The molecular formula is C18H18ClN3O. The fourth-order valence-corrected chi connectivity index (χ4v) is 3.65. The van der Waals surface area contributed by atoms with E-state index in [1.807, 2.05) is 24.3 Å². The zero-order valence-corrected chi connectivity index (χ0v) is 13.4. The minimum atomic E-state index is -0.518. The van der Waals surface area contributed by atoms with Crippen LogP contribution in [0.25, 0.3) is 5.57 Å². The molecule has 1 aromatic heterocycles. The number of fused-ring (bicyclic) bond motifs is 1. The first-order valence-electron chi connectivity index (χ1n) is 7.80. The van der Waals surface area contributed by atoms with E-state index in [1.165, 1.54) is 0 Å². The molecule has 3 aliphatic heterocycles. The fraction of sp³-hybridized carbons (Fsp3) is 0.278. The van der Waals surface area contributed by atoms with Gasteiger partial charge in [-0.2, -0.15) is 0 Å². The van der Waals surface area contributed by atoms with Gasteiger partial charge in [-0.3, -0.25) is 4.98 Å². The molecule has 1 unspecified atom stereocenters. The lowest BCUT2D eigenvalue weighted by atomic mass is 9.93. The van der Waals surface area contributed by atoms with Gasteiger partial charge in [0.25, 0.3) is 0 Å². The zero-order valence-electron chi connectivity index (χ0n) is 12.7. The first-order valence-corrected chi connectivity index (χ1v) is 8.18. The van der Waals surface area contributed by atoms with Crippen LogP contribution in [0.4, 0.5) is 0 Å². The van der Waals surface area contributed by atoms with Gasteiger partial charge in [-0.25, -0.2) is 0 Å². The van der Waals surface area contributed by atoms with Crippen LogP contribution in [0.1, 0.15) is 18.4 Å². The molecule has 4 nitrogen and oxygen atoms in total. The average Bonchev–Trinajstić information content (AvgIpc) is 3.22. The molecule has 4 rings (SSSR count). The molecule has 1 fully saturated rings. The van der Waals surface area contributed by atoms with Gasteiger partial charge in [0.2, 0.25) is 0 Å². The summed E-state index contributed by atoms with van der Waals surface area (Å²) in [7, 11) is 0. The zero-order chi connectivity index (χ0) is 15.9. The summed E-state index contributed by atoms with van der Waals surface area (Å²) < 4.78 is 6.30. The number of rotatable bonds is 3. The highest BCUT2D eigenvalue weighted by atomic mass is 35.5. The number of aromatic nitrogens is 1. The lowest BCUT2D eigenvalue weighted by Crippen LogP contribution is -2.44. The van der Waals surface area contributed by atoms with Crippen LogP contribution in [0.15, 0.2) is 65.9 Å². The SMILES string of the molecule is C=CC1([C@H]2CCCN2)C=C2NC(Cl)=C(c3ccncc3)C=C2O1.